The number of rotatable bonds is 4. The molecule has 0 N–H and O–H groups in total. The number of hydrogen-bond donors (Lipinski definition) is 0. The molecule has 1 fully saturated rings. The van der Waals surface area contributed by atoms with Gasteiger partial charge < -0.3 is 9.47 Å². The quantitative estimate of drug-likeness (QED) is 0.790. The monoisotopic (exact) mass is 349 g/mol. The zero-order valence-corrected chi connectivity index (χ0v) is 15.7. The van der Waals surface area contributed by atoms with Gasteiger partial charge in [-0.05, 0) is 50.3 Å². The van der Waals surface area contributed by atoms with E-state index in [1.54, 1.807) is 12.3 Å². The number of nitrogens with zero attached hydrogens (tertiary/aromatic N) is 3. The molecule has 1 saturated heterocycles. The third-order valence-corrected chi connectivity index (χ3v) is 5.62. The molecule has 2 aromatic heterocycles. The number of likely N-dealkylation sites (tertiary alicyclic amines) is 1. The first kappa shape index (κ1) is 17.2. The van der Waals surface area contributed by atoms with Crippen LogP contribution >= 0.6 is 0 Å². The molecule has 4 heterocycles. The molecular weight excluding hydrogens is 322 g/mol. The van der Waals surface area contributed by atoms with Crippen molar-refractivity contribution in [1.29, 1.82) is 0 Å². The molecule has 2 aliphatic heterocycles. The van der Waals surface area contributed by atoms with E-state index >= 15 is 0 Å². The fourth-order valence-corrected chi connectivity index (χ4v) is 4.48. The van der Waals surface area contributed by atoms with Crippen molar-refractivity contribution in [1.82, 2.24) is 14.5 Å². The van der Waals surface area contributed by atoms with E-state index in [1.807, 2.05) is 22.9 Å². The first-order chi connectivity index (χ1) is 12.6. The highest BCUT2D eigenvalue weighted by Crippen LogP contribution is 2.36. The Bertz CT molecular complexity index is 865. The average Bonchev–Trinajstić information content (AvgIpc) is 2.63. The van der Waals surface area contributed by atoms with Gasteiger partial charge in [0.15, 0.2) is 0 Å². The second kappa shape index (κ2) is 7.20. The molecule has 0 amide bonds. The molecule has 0 unspecified atom stereocenters. The van der Waals surface area contributed by atoms with Gasteiger partial charge in [-0.15, -0.1) is 0 Å². The van der Waals surface area contributed by atoms with E-state index in [1.165, 1.54) is 17.7 Å². The van der Waals surface area contributed by atoms with Crippen LogP contribution in [-0.4, -0.2) is 34.1 Å². The Hall–Kier alpha value is -2.20. The lowest BCUT2D eigenvalue weighted by atomic mass is 9.82. The molecule has 0 aliphatic carbocycles. The molecule has 136 valence electrons. The number of aromatic nitrogens is 2. The summed E-state index contributed by atoms with van der Waals surface area (Å²) in [7, 11) is 0. The highest BCUT2D eigenvalue weighted by molar-refractivity contribution is 5.62. The Morgan fingerprint density at radius 2 is 2.12 bits per heavy atom. The zero-order valence-electron chi connectivity index (χ0n) is 15.7. The molecule has 0 radical (unpaired) electrons. The van der Waals surface area contributed by atoms with Gasteiger partial charge >= 0.3 is 0 Å². The van der Waals surface area contributed by atoms with Gasteiger partial charge in [-0.25, -0.2) is 0 Å². The van der Waals surface area contributed by atoms with Crippen LogP contribution in [0.2, 0.25) is 0 Å². The van der Waals surface area contributed by atoms with Crippen molar-refractivity contribution < 1.29 is 0 Å². The predicted octanol–water partition coefficient (Wildman–Crippen LogP) is 3.69. The molecule has 0 saturated carbocycles. The van der Waals surface area contributed by atoms with Crippen molar-refractivity contribution in [3.8, 4) is 11.1 Å². The van der Waals surface area contributed by atoms with Crippen molar-refractivity contribution in [3.63, 3.8) is 0 Å². The number of pyridine rings is 2. The highest BCUT2D eigenvalue weighted by Gasteiger charge is 2.34. The van der Waals surface area contributed by atoms with E-state index < -0.39 is 0 Å². The van der Waals surface area contributed by atoms with Crippen LogP contribution in [0.25, 0.3) is 11.1 Å². The molecule has 2 atom stereocenters. The molecule has 4 rings (SSSR count). The van der Waals surface area contributed by atoms with E-state index in [2.05, 4.69) is 35.9 Å². The lowest BCUT2D eigenvalue weighted by Gasteiger charge is -2.43. The van der Waals surface area contributed by atoms with Crippen LogP contribution in [0.3, 0.4) is 0 Å². The third kappa shape index (κ3) is 3.51. The second-order valence-electron chi connectivity index (χ2n) is 7.99. The van der Waals surface area contributed by atoms with E-state index in [4.69, 9.17) is 0 Å². The maximum atomic E-state index is 12.7. The first-order valence-electron chi connectivity index (χ1n) is 9.61. The topological polar surface area (TPSA) is 38.1 Å². The Morgan fingerprint density at radius 1 is 1.23 bits per heavy atom. The van der Waals surface area contributed by atoms with Crippen LogP contribution in [0.15, 0.2) is 53.1 Å². The predicted molar refractivity (Wildman–Crippen MR) is 105 cm³/mol. The van der Waals surface area contributed by atoms with E-state index in [0.29, 0.717) is 11.8 Å². The molecule has 0 spiro atoms. The van der Waals surface area contributed by atoms with Crippen molar-refractivity contribution in [2.24, 2.45) is 5.92 Å². The van der Waals surface area contributed by atoms with Gasteiger partial charge in [-0.1, -0.05) is 17.7 Å². The number of allylic oxidation sites excluding steroid dienone is 1. The summed E-state index contributed by atoms with van der Waals surface area (Å²) in [6, 6.07) is 7.94. The Kier molecular flexibility index (Phi) is 4.77. The summed E-state index contributed by atoms with van der Waals surface area (Å²) in [6.07, 6.45) is 8.25. The van der Waals surface area contributed by atoms with Crippen molar-refractivity contribution in [2.75, 3.05) is 19.6 Å². The Labute approximate surface area is 155 Å². The van der Waals surface area contributed by atoms with Gasteiger partial charge in [-0.3, -0.25) is 9.78 Å². The van der Waals surface area contributed by atoms with Crippen LogP contribution in [0.4, 0.5) is 0 Å². The summed E-state index contributed by atoms with van der Waals surface area (Å²) in [5.74, 6) is 1.05. The minimum atomic E-state index is 0.133. The Morgan fingerprint density at radius 3 is 2.88 bits per heavy atom. The van der Waals surface area contributed by atoms with Gasteiger partial charge in [-0.2, -0.15) is 0 Å². The lowest BCUT2D eigenvalue weighted by Crippen LogP contribution is -2.47. The number of fused-ring (bicyclic) bond motifs is 4. The van der Waals surface area contributed by atoms with Gasteiger partial charge in [0, 0.05) is 61.8 Å². The normalized spacial score (nSPS) is 21.9. The summed E-state index contributed by atoms with van der Waals surface area (Å²) in [4.78, 5) is 19.5. The minimum absolute atomic E-state index is 0.133. The lowest BCUT2D eigenvalue weighted by molar-refractivity contribution is 0.122. The van der Waals surface area contributed by atoms with Gasteiger partial charge in [0.05, 0.1) is 0 Å². The van der Waals surface area contributed by atoms with Crippen LogP contribution in [-0.2, 0) is 6.54 Å². The summed E-state index contributed by atoms with van der Waals surface area (Å²) in [6.45, 7) is 8.47. The van der Waals surface area contributed by atoms with Crippen molar-refractivity contribution in [2.45, 2.75) is 39.2 Å². The maximum Gasteiger partial charge on any atom is 0.251 e. The molecule has 0 aromatic carbocycles. The van der Waals surface area contributed by atoms with Crippen LogP contribution in [0, 0.1) is 5.92 Å². The maximum absolute atomic E-state index is 12.7. The summed E-state index contributed by atoms with van der Waals surface area (Å²) in [5, 5.41) is 0. The summed E-state index contributed by atoms with van der Waals surface area (Å²) >= 11 is 0. The SMILES string of the molecule is CC(C)=CCCN1C[C@@H]2C[C@H](C1)c1cc(-c3cccnc3)cc(=O)n1C2. The van der Waals surface area contributed by atoms with Crippen molar-refractivity contribution in [3.05, 3.63) is 64.4 Å². The average molecular weight is 349 g/mol. The van der Waals surface area contributed by atoms with Crippen molar-refractivity contribution >= 4 is 0 Å². The molecular formula is C22H27N3O. The van der Waals surface area contributed by atoms with Gasteiger partial charge in [0.2, 0.25) is 0 Å². The fourth-order valence-electron chi connectivity index (χ4n) is 4.48. The molecule has 2 aliphatic rings. The molecule has 2 bridgehead atoms. The molecule has 2 aromatic rings. The summed E-state index contributed by atoms with van der Waals surface area (Å²) < 4.78 is 2.02. The van der Waals surface area contributed by atoms with Gasteiger partial charge in [0.1, 0.15) is 0 Å². The molecule has 4 nitrogen and oxygen atoms in total. The van der Waals surface area contributed by atoms with Crippen LogP contribution in [0.5, 0.6) is 0 Å². The second-order valence-corrected chi connectivity index (χ2v) is 7.99. The largest absolute Gasteiger partial charge is 0.312 e. The first-order valence-corrected chi connectivity index (χ1v) is 9.61. The highest BCUT2D eigenvalue weighted by atomic mass is 16.1. The number of hydrogen-bond acceptors (Lipinski definition) is 3. The third-order valence-electron chi connectivity index (χ3n) is 5.62. The molecule has 26 heavy (non-hydrogen) atoms. The van der Waals surface area contributed by atoms with E-state index in [0.717, 1.165) is 43.7 Å². The standard InChI is InChI=1S/C22H27N3O/c1-16(2)5-4-8-24-13-17-9-20(15-24)21-10-19(11-22(26)25(21)14-17)18-6-3-7-23-12-18/h3,5-7,10-12,17,20H,4,8-9,13-15H2,1-2H3/t17-,20+/m0/s1. The van der Waals surface area contributed by atoms with Crippen LogP contribution < -0.4 is 5.56 Å². The van der Waals surface area contributed by atoms with E-state index in [9.17, 15) is 4.79 Å². The number of piperidine rings is 1. The van der Waals surface area contributed by atoms with E-state index in [-0.39, 0.29) is 5.56 Å². The smallest absolute Gasteiger partial charge is 0.251 e. The minimum Gasteiger partial charge on any atom is -0.312 e. The van der Waals surface area contributed by atoms with Crippen LogP contribution in [0.1, 0.15) is 38.3 Å². The zero-order chi connectivity index (χ0) is 18.1. The molecule has 4 heteroatoms. The fraction of sp³-hybridized carbons (Fsp3) is 0.455. The Balaban J connectivity index is 1.61. The summed E-state index contributed by atoms with van der Waals surface area (Å²) in [5.41, 5.74) is 4.74. The van der Waals surface area contributed by atoms with Gasteiger partial charge in [0.25, 0.3) is 5.56 Å².